The van der Waals surface area contributed by atoms with Gasteiger partial charge in [-0.3, -0.25) is 9.97 Å². The number of para-hydroxylation sites is 2. The van der Waals surface area contributed by atoms with Crippen LogP contribution in [-0.2, 0) is 0 Å². The van der Waals surface area contributed by atoms with Crippen molar-refractivity contribution in [1.82, 2.24) is 18.9 Å². The molecule has 1 aliphatic carbocycles. The van der Waals surface area contributed by atoms with E-state index in [1.807, 2.05) is 0 Å². The van der Waals surface area contributed by atoms with Crippen molar-refractivity contribution in [3.05, 3.63) is 134 Å². The molecule has 210 valence electrons. The van der Waals surface area contributed by atoms with Crippen molar-refractivity contribution in [1.29, 1.82) is 0 Å². The molecule has 7 aromatic carbocycles. The van der Waals surface area contributed by atoms with Crippen LogP contribution in [0.3, 0.4) is 0 Å². The lowest BCUT2D eigenvalue weighted by molar-refractivity contribution is 1.20. The van der Waals surface area contributed by atoms with Gasteiger partial charge in [-0.05, 0) is 47.2 Å². The molecular formula is C42H22N4. The lowest BCUT2D eigenvalue weighted by Gasteiger charge is -2.14. The van der Waals surface area contributed by atoms with Gasteiger partial charge in [-0.2, -0.15) is 0 Å². The molecule has 0 aliphatic heterocycles. The lowest BCUT2D eigenvalue weighted by atomic mass is 9.99. The fourth-order valence-electron chi connectivity index (χ4n) is 8.73. The molecule has 4 aromatic heterocycles. The predicted octanol–water partition coefficient (Wildman–Crippen LogP) is 10.7. The fourth-order valence-corrected chi connectivity index (χ4v) is 8.73. The maximum absolute atomic E-state index is 4.76. The Hall–Kier alpha value is -6.26. The second kappa shape index (κ2) is 7.87. The molecule has 0 atom stereocenters. The van der Waals surface area contributed by atoms with Crippen LogP contribution in [0.5, 0.6) is 0 Å². The van der Waals surface area contributed by atoms with E-state index in [9.17, 15) is 0 Å². The first kappa shape index (κ1) is 23.2. The average molecular weight is 583 g/mol. The topological polar surface area (TPSA) is 35.1 Å². The SMILES string of the molecule is c1ccc2c(c1)ccc1c2c2c3c(cc4c5ccccc5n1c42)c1ccccc1n3-c1ccc2c3c(cccc13)-c1nccnc1-2. The molecule has 0 saturated carbocycles. The average Bonchev–Trinajstić information content (AvgIpc) is 3.84. The maximum atomic E-state index is 4.76. The van der Waals surface area contributed by atoms with Crippen molar-refractivity contribution in [2.45, 2.75) is 0 Å². The van der Waals surface area contributed by atoms with Crippen molar-refractivity contribution in [3.63, 3.8) is 0 Å². The summed E-state index contributed by atoms with van der Waals surface area (Å²) < 4.78 is 5.04. The Labute approximate surface area is 261 Å². The molecule has 0 spiro atoms. The Balaban J connectivity index is 1.38. The van der Waals surface area contributed by atoms with Crippen LogP contribution in [0.25, 0.3) is 110 Å². The summed E-state index contributed by atoms with van der Waals surface area (Å²) in [5.41, 5.74) is 11.7. The number of hydrogen-bond acceptors (Lipinski definition) is 2. The summed E-state index contributed by atoms with van der Waals surface area (Å²) >= 11 is 0. The van der Waals surface area contributed by atoms with Crippen LogP contribution in [0.4, 0.5) is 0 Å². The van der Waals surface area contributed by atoms with Gasteiger partial charge in [-0.1, -0.05) is 84.9 Å². The van der Waals surface area contributed by atoms with Crippen LogP contribution in [0.15, 0.2) is 134 Å². The minimum atomic E-state index is 0.965. The van der Waals surface area contributed by atoms with Gasteiger partial charge in [0.25, 0.3) is 0 Å². The minimum absolute atomic E-state index is 0.965. The zero-order valence-electron chi connectivity index (χ0n) is 24.5. The largest absolute Gasteiger partial charge is 0.308 e. The molecule has 0 amide bonds. The minimum Gasteiger partial charge on any atom is -0.308 e. The zero-order chi connectivity index (χ0) is 29.7. The highest BCUT2D eigenvalue weighted by atomic mass is 15.0. The number of hydrogen-bond donors (Lipinski definition) is 0. The van der Waals surface area contributed by atoms with E-state index in [0.717, 1.165) is 22.5 Å². The Kier molecular flexibility index (Phi) is 3.96. The lowest BCUT2D eigenvalue weighted by Crippen LogP contribution is -1.96. The van der Waals surface area contributed by atoms with Gasteiger partial charge in [0.1, 0.15) is 0 Å². The molecule has 4 heterocycles. The third-order valence-electron chi connectivity index (χ3n) is 10.5. The molecule has 12 rings (SSSR count). The molecular weight excluding hydrogens is 560 g/mol. The summed E-state index contributed by atoms with van der Waals surface area (Å²) in [4.78, 5) is 9.52. The normalized spacial score (nSPS) is 12.8. The van der Waals surface area contributed by atoms with E-state index in [0.29, 0.717) is 0 Å². The van der Waals surface area contributed by atoms with Crippen molar-refractivity contribution in [3.8, 4) is 28.2 Å². The van der Waals surface area contributed by atoms with E-state index in [-0.39, 0.29) is 0 Å². The Morgan fingerprint density at radius 2 is 1.09 bits per heavy atom. The number of fused-ring (bicyclic) bond motifs is 15. The van der Waals surface area contributed by atoms with Gasteiger partial charge in [-0.25, -0.2) is 0 Å². The van der Waals surface area contributed by atoms with Crippen molar-refractivity contribution in [2.75, 3.05) is 0 Å². The van der Waals surface area contributed by atoms with Gasteiger partial charge in [0.05, 0.1) is 44.7 Å². The Morgan fingerprint density at radius 1 is 0.413 bits per heavy atom. The third-order valence-corrected chi connectivity index (χ3v) is 10.5. The molecule has 0 saturated heterocycles. The molecule has 0 unspecified atom stereocenters. The summed E-state index contributed by atoms with van der Waals surface area (Å²) in [6.45, 7) is 0. The van der Waals surface area contributed by atoms with Gasteiger partial charge in [0, 0.05) is 66.6 Å². The molecule has 4 nitrogen and oxygen atoms in total. The highest BCUT2D eigenvalue weighted by Gasteiger charge is 2.28. The van der Waals surface area contributed by atoms with Gasteiger partial charge in [0.2, 0.25) is 0 Å². The van der Waals surface area contributed by atoms with Crippen molar-refractivity contribution >= 4 is 81.4 Å². The Bertz CT molecular complexity index is 3110. The van der Waals surface area contributed by atoms with Crippen molar-refractivity contribution < 1.29 is 0 Å². The van der Waals surface area contributed by atoms with Crippen LogP contribution >= 0.6 is 0 Å². The molecule has 0 N–H and O–H groups in total. The predicted molar refractivity (Wildman–Crippen MR) is 190 cm³/mol. The first-order valence-electron chi connectivity index (χ1n) is 15.8. The van der Waals surface area contributed by atoms with E-state index >= 15 is 0 Å². The molecule has 1 aliphatic rings. The van der Waals surface area contributed by atoms with Crippen molar-refractivity contribution in [2.24, 2.45) is 0 Å². The Morgan fingerprint density at radius 3 is 1.93 bits per heavy atom. The first-order valence-corrected chi connectivity index (χ1v) is 15.8. The van der Waals surface area contributed by atoms with Crippen LogP contribution < -0.4 is 0 Å². The second-order valence-corrected chi connectivity index (χ2v) is 12.5. The molecule has 0 fully saturated rings. The first-order chi connectivity index (χ1) is 22.9. The highest BCUT2D eigenvalue weighted by molar-refractivity contribution is 6.37. The van der Waals surface area contributed by atoms with Crippen LogP contribution in [0.2, 0.25) is 0 Å². The zero-order valence-corrected chi connectivity index (χ0v) is 24.5. The van der Waals surface area contributed by atoms with E-state index in [1.54, 1.807) is 12.4 Å². The molecule has 0 bridgehead atoms. The second-order valence-electron chi connectivity index (χ2n) is 12.5. The van der Waals surface area contributed by atoms with Gasteiger partial charge in [0.15, 0.2) is 0 Å². The third kappa shape index (κ3) is 2.54. The summed E-state index contributed by atoms with van der Waals surface area (Å²) in [5.74, 6) is 0. The summed E-state index contributed by atoms with van der Waals surface area (Å²) in [7, 11) is 0. The monoisotopic (exact) mass is 582 g/mol. The summed E-state index contributed by atoms with van der Waals surface area (Å²) in [5, 5.41) is 12.7. The number of benzene rings is 7. The highest BCUT2D eigenvalue weighted by Crippen LogP contribution is 2.50. The summed E-state index contributed by atoms with van der Waals surface area (Å²) in [6.07, 6.45) is 3.59. The molecule has 0 radical (unpaired) electrons. The van der Waals surface area contributed by atoms with Crippen LogP contribution in [0, 0.1) is 0 Å². The fraction of sp³-hybridized carbons (Fsp3) is 0. The number of rotatable bonds is 1. The van der Waals surface area contributed by atoms with E-state index in [2.05, 4.69) is 130 Å². The maximum Gasteiger partial charge on any atom is 0.0971 e. The van der Waals surface area contributed by atoms with E-state index in [4.69, 9.17) is 9.97 Å². The smallest absolute Gasteiger partial charge is 0.0971 e. The van der Waals surface area contributed by atoms with E-state index in [1.165, 1.54) is 87.1 Å². The molecule has 46 heavy (non-hydrogen) atoms. The van der Waals surface area contributed by atoms with E-state index < -0.39 is 0 Å². The van der Waals surface area contributed by atoms with Gasteiger partial charge in [-0.15, -0.1) is 0 Å². The van der Waals surface area contributed by atoms with Gasteiger partial charge < -0.3 is 8.97 Å². The van der Waals surface area contributed by atoms with Crippen LogP contribution in [-0.4, -0.2) is 18.9 Å². The van der Waals surface area contributed by atoms with Crippen LogP contribution in [0.1, 0.15) is 0 Å². The molecule has 11 aromatic rings. The number of aromatic nitrogens is 4. The quantitative estimate of drug-likeness (QED) is 0.193. The molecule has 4 heteroatoms. The van der Waals surface area contributed by atoms with Gasteiger partial charge >= 0.3 is 0 Å². The standard InChI is InChI=1S/C42H22N4/c1-2-9-24-23(8-1)16-18-35-37(24)38-41-30(22-31-26-11-4-6-15-33(26)46(35)42(31)38)25-10-3-5-14-32(25)45(41)34-19-17-29-36-27(34)12-7-13-28(36)39-40(29)44-21-20-43-39/h1-22H. The summed E-state index contributed by atoms with van der Waals surface area (Å²) in [6, 6.07) is 44.8. The number of nitrogens with zero attached hydrogens (tertiary/aromatic N) is 4.